The molecule has 0 aliphatic heterocycles. The molecule has 0 spiro atoms. The van der Waals surface area contributed by atoms with Crippen molar-refractivity contribution in [2.75, 3.05) is 19.6 Å². The van der Waals surface area contributed by atoms with Gasteiger partial charge in [-0.05, 0) is 12.0 Å². The highest BCUT2D eigenvalue weighted by atomic mass is 16.3. The molecule has 1 rings (SSSR count). The van der Waals surface area contributed by atoms with E-state index in [0.717, 1.165) is 12.0 Å². The van der Waals surface area contributed by atoms with Crippen molar-refractivity contribution in [2.45, 2.75) is 25.9 Å². The van der Waals surface area contributed by atoms with Gasteiger partial charge in [-0.25, -0.2) is 0 Å². The molecule has 0 fully saturated rings. The summed E-state index contributed by atoms with van der Waals surface area (Å²) >= 11 is 0. The average molecular weight is 250 g/mol. The molecule has 0 radical (unpaired) electrons. The lowest BCUT2D eigenvalue weighted by Crippen LogP contribution is -2.33. The summed E-state index contributed by atoms with van der Waals surface area (Å²) in [6.07, 6.45) is 0.941. The van der Waals surface area contributed by atoms with Crippen molar-refractivity contribution in [2.24, 2.45) is 0 Å². The van der Waals surface area contributed by atoms with Crippen molar-refractivity contribution in [1.82, 2.24) is 10.6 Å². The number of hydrogen-bond acceptors (Lipinski definition) is 3. The monoisotopic (exact) mass is 250 g/mol. The van der Waals surface area contributed by atoms with Crippen molar-refractivity contribution < 1.29 is 9.90 Å². The summed E-state index contributed by atoms with van der Waals surface area (Å²) in [5, 5.41) is 15.8. The Hall–Kier alpha value is -1.39. The van der Waals surface area contributed by atoms with Gasteiger partial charge in [0, 0.05) is 26.1 Å². The molecule has 4 heteroatoms. The molecule has 0 aliphatic rings. The summed E-state index contributed by atoms with van der Waals surface area (Å²) in [5.41, 5.74) is 0.903. The summed E-state index contributed by atoms with van der Waals surface area (Å²) in [6, 6.07) is 9.53. The van der Waals surface area contributed by atoms with E-state index in [-0.39, 0.29) is 5.91 Å². The van der Waals surface area contributed by atoms with Gasteiger partial charge in [0.25, 0.3) is 0 Å². The zero-order valence-electron chi connectivity index (χ0n) is 10.9. The number of carbonyl (C=O) groups excluding carboxylic acids is 1. The Morgan fingerprint density at radius 1 is 1.28 bits per heavy atom. The zero-order valence-corrected chi connectivity index (χ0v) is 10.9. The second kappa shape index (κ2) is 8.66. The predicted molar refractivity (Wildman–Crippen MR) is 72.2 cm³/mol. The Balaban J connectivity index is 2.09. The summed E-state index contributed by atoms with van der Waals surface area (Å²) in [4.78, 5) is 11.2. The first-order chi connectivity index (χ1) is 8.74. The molecule has 0 saturated heterocycles. The number of amides is 1. The Labute approximate surface area is 108 Å². The molecule has 1 aromatic rings. The zero-order chi connectivity index (χ0) is 13.2. The topological polar surface area (TPSA) is 61.4 Å². The first-order valence-electron chi connectivity index (χ1n) is 6.44. The predicted octanol–water partition coefficient (Wildman–Crippen LogP) is 1.23. The maximum Gasteiger partial charge on any atom is 0.220 e. The lowest BCUT2D eigenvalue weighted by atomic mass is 10.1. The van der Waals surface area contributed by atoms with Crippen molar-refractivity contribution >= 4 is 5.91 Å². The first-order valence-corrected chi connectivity index (χ1v) is 6.44. The summed E-state index contributed by atoms with van der Waals surface area (Å²) in [7, 11) is 0. The molecule has 0 aliphatic carbocycles. The molecule has 1 aromatic carbocycles. The van der Waals surface area contributed by atoms with Gasteiger partial charge in [0.05, 0.1) is 6.10 Å². The summed E-state index contributed by atoms with van der Waals surface area (Å²) < 4.78 is 0. The van der Waals surface area contributed by atoms with Gasteiger partial charge in [-0.2, -0.15) is 0 Å². The van der Waals surface area contributed by atoms with E-state index in [9.17, 15) is 9.90 Å². The minimum Gasteiger partial charge on any atom is -0.387 e. The van der Waals surface area contributed by atoms with Crippen LogP contribution in [0.25, 0.3) is 0 Å². The van der Waals surface area contributed by atoms with Crippen LogP contribution < -0.4 is 10.6 Å². The standard InChI is InChI=1S/C14H22N2O2/c1-2-6-14(18)16-10-9-15-11-13(17)12-7-4-3-5-8-12/h3-5,7-8,13,15,17H,2,6,9-11H2,1H3,(H,16,18)/t13-/m1/s1. The molecule has 4 nitrogen and oxygen atoms in total. The first kappa shape index (κ1) is 14.7. The molecule has 3 N–H and O–H groups in total. The molecule has 0 aromatic heterocycles. The summed E-state index contributed by atoms with van der Waals surface area (Å²) in [5.74, 6) is 0.0860. The van der Waals surface area contributed by atoms with Crippen LogP contribution in [-0.2, 0) is 4.79 Å². The molecule has 18 heavy (non-hydrogen) atoms. The number of nitrogens with one attached hydrogen (secondary N) is 2. The molecular formula is C14H22N2O2. The fraction of sp³-hybridized carbons (Fsp3) is 0.500. The highest BCUT2D eigenvalue weighted by Gasteiger charge is 2.05. The number of aliphatic hydroxyl groups excluding tert-OH is 1. The minimum absolute atomic E-state index is 0.0860. The van der Waals surface area contributed by atoms with E-state index in [2.05, 4.69) is 10.6 Å². The van der Waals surface area contributed by atoms with E-state index in [1.807, 2.05) is 37.3 Å². The minimum atomic E-state index is -0.502. The maximum absolute atomic E-state index is 11.2. The van der Waals surface area contributed by atoms with E-state index in [4.69, 9.17) is 0 Å². The van der Waals surface area contributed by atoms with Gasteiger partial charge in [0.1, 0.15) is 0 Å². The number of carbonyl (C=O) groups is 1. The van der Waals surface area contributed by atoms with E-state index in [1.54, 1.807) is 0 Å². The molecular weight excluding hydrogens is 228 g/mol. The third kappa shape index (κ3) is 5.80. The lowest BCUT2D eigenvalue weighted by Gasteiger charge is -2.12. The van der Waals surface area contributed by atoms with Crippen LogP contribution in [0, 0.1) is 0 Å². The van der Waals surface area contributed by atoms with Gasteiger partial charge >= 0.3 is 0 Å². The largest absolute Gasteiger partial charge is 0.387 e. The van der Waals surface area contributed by atoms with Gasteiger partial charge in [-0.1, -0.05) is 37.3 Å². The molecule has 1 atom stereocenters. The third-order valence-electron chi connectivity index (χ3n) is 2.62. The van der Waals surface area contributed by atoms with Crippen molar-refractivity contribution in [3.63, 3.8) is 0 Å². The van der Waals surface area contributed by atoms with E-state index < -0.39 is 6.10 Å². The highest BCUT2D eigenvalue weighted by Crippen LogP contribution is 2.09. The normalized spacial score (nSPS) is 12.1. The highest BCUT2D eigenvalue weighted by molar-refractivity contribution is 5.75. The Morgan fingerprint density at radius 2 is 2.00 bits per heavy atom. The van der Waals surface area contributed by atoms with Crippen LogP contribution in [0.15, 0.2) is 30.3 Å². The van der Waals surface area contributed by atoms with Crippen LogP contribution >= 0.6 is 0 Å². The van der Waals surface area contributed by atoms with Crippen molar-refractivity contribution in [3.8, 4) is 0 Å². The molecule has 0 bridgehead atoms. The van der Waals surface area contributed by atoms with E-state index in [1.165, 1.54) is 0 Å². The average Bonchev–Trinajstić information content (AvgIpc) is 2.39. The number of rotatable bonds is 8. The van der Waals surface area contributed by atoms with Gasteiger partial charge < -0.3 is 15.7 Å². The number of benzene rings is 1. The molecule has 0 unspecified atom stereocenters. The molecule has 100 valence electrons. The smallest absolute Gasteiger partial charge is 0.220 e. The van der Waals surface area contributed by atoms with E-state index in [0.29, 0.717) is 26.1 Å². The van der Waals surface area contributed by atoms with Crippen LogP contribution in [0.2, 0.25) is 0 Å². The van der Waals surface area contributed by atoms with Crippen LogP contribution in [0.4, 0.5) is 0 Å². The fourth-order valence-corrected chi connectivity index (χ4v) is 1.64. The van der Waals surface area contributed by atoms with Gasteiger partial charge in [0.2, 0.25) is 5.91 Å². The maximum atomic E-state index is 11.2. The van der Waals surface area contributed by atoms with Gasteiger partial charge in [-0.3, -0.25) is 4.79 Å². The van der Waals surface area contributed by atoms with Gasteiger partial charge in [-0.15, -0.1) is 0 Å². The SMILES string of the molecule is CCCC(=O)NCCNC[C@@H](O)c1ccccc1. The second-order valence-corrected chi connectivity index (χ2v) is 4.23. The Bertz CT molecular complexity index is 341. The fourth-order valence-electron chi connectivity index (χ4n) is 1.64. The molecule has 0 heterocycles. The molecule has 1 amide bonds. The van der Waals surface area contributed by atoms with Gasteiger partial charge in [0.15, 0.2) is 0 Å². The van der Waals surface area contributed by atoms with Crippen LogP contribution in [0.5, 0.6) is 0 Å². The third-order valence-corrected chi connectivity index (χ3v) is 2.62. The molecule has 0 saturated carbocycles. The van der Waals surface area contributed by atoms with Crippen molar-refractivity contribution in [3.05, 3.63) is 35.9 Å². The van der Waals surface area contributed by atoms with Crippen molar-refractivity contribution in [1.29, 1.82) is 0 Å². The number of hydrogen-bond donors (Lipinski definition) is 3. The Kier molecular flexibility index (Phi) is 7.06. The Morgan fingerprint density at radius 3 is 2.67 bits per heavy atom. The van der Waals surface area contributed by atoms with E-state index >= 15 is 0 Å². The quantitative estimate of drug-likeness (QED) is 0.608. The van der Waals surface area contributed by atoms with Crippen LogP contribution in [-0.4, -0.2) is 30.6 Å². The lowest BCUT2D eigenvalue weighted by molar-refractivity contribution is -0.121. The van der Waals surface area contributed by atoms with Crippen LogP contribution in [0.3, 0.4) is 0 Å². The summed E-state index contributed by atoms with van der Waals surface area (Å²) in [6.45, 7) is 3.74. The second-order valence-electron chi connectivity index (χ2n) is 4.23. The van der Waals surface area contributed by atoms with Crippen LogP contribution in [0.1, 0.15) is 31.4 Å². The number of aliphatic hydroxyl groups is 1.